The van der Waals surface area contributed by atoms with Crippen molar-refractivity contribution in [2.45, 2.75) is 6.92 Å². The van der Waals surface area contributed by atoms with Crippen molar-refractivity contribution in [2.24, 2.45) is 4.99 Å². The summed E-state index contributed by atoms with van der Waals surface area (Å²) >= 11 is 7.05. The molecule has 0 aliphatic carbocycles. The molecule has 0 fully saturated rings. The Kier molecular flexibility index (Phi) is 5.41. The smallest absolute Gasteiger partial charge is 0.341 e. The van der Waals surface area contributed by atoms with Crippen LogP contribution >= 0.6 is 23.4 Å². The van der Waals surface area contributed by atoms with Gasteiger partial charge in [-0.1, -0.05) is 17.7 Å². The minimum atomic E-state index is -1.11. The predicted molar refractivity (Wildman–Crippen MR) is 86.4 cm³/mol. The molecule has 0 atom stereocenters. The van der Waals surface area contributed by atoms with E-state index in [0.29, 0.717) is 10.5 Å². The number of thioether (sulfide) groups is 1. The maximum atomic E-state index is 11.7. The zero-order valence-electron chi connectivity index (χ0n) is 11.8. The van der Waals surface area contributed by atoms with E-state index in [1.54, 1.807) is 12.1 Å². The van der Waals surface area contributed by atoms with Crippen molar-refractivity contribution < 1.29 is 24.2 Å². The van der Waals surface area contributed by atoms with E-state index in [4.69, 9.17) is 21.4 Å². The summed E-state index contributed by atoms with van der Waals surface area (Å²) in [4.78, 5) is 37.2. The van der Waals surface area contributed by atoms with Crippen molar-refractivity contribution in [3.63, 3.8) is 0 Å². The molecule has 2 rings (SSSR count). The highest BCUT2D eigenvalue weighted by Gasteiger charge is 2.22. The van der Waals surface area contributed by atoms with Crippen LogP contribution in [0.1, 0.15) is 12.5 Å². The van der Waals surface area contributed by atoms with E-state index in [1.807, 2.05) is 0 Å². The zero-order chi connectivity index (χ0) is 17.0. The fourth-order valence-corrected chi connectivity index (χ4v) is 2.73. The maximum absolute atomic E-state index is 11.7. The lowest BCUT2D eigenvalue weighted by Crippen LogP contribution is -2.23. The number of nitrogens with one attached hydrogen (secondary N) is 1. The zero-order valence-corrected chi connectivity index (χ0v) is 13.4. The normalized spacial score (nSPS) is 15.5. The van der Waals surface area contributed by atoms with Gasteiger partial charge in [0.05, 0.1) is 9.93 Å². The standard InChI is InChI=1S/C14H11ClN2O5S/c1-7(18)16-14-17-13(21)11(23-14)5-8-2-3-10(9(15)4-8)22-6-12(19)20/h2-5H,6H2,1H3,(H,19,20)(H,16,17,18,21)/b11-5+. The first-order valence-corrected chi connectivity index (χ1v) is 7.49. The molecular formula is C14H11ClN2O5S. The van der Waals surface area contributed by atoms with Crippen molar-refractivity contribution in [2.75, 3.05) is 6.61 Å². The lowest BCUT2D eigenvalue weighted by Gasteiger charge is -2.06. The van der Waals surface area contributed by atoms with Crippen LogP contribution in [0.2, 0.25) is 5.02 Å². The second-order valence-corrected chi connectivity index (χ2v) is 5.82. The number of aliphatic imine (C=N–C) groups is 1. The van der Waals surface area contributed by atoms with E-state index < -0.39 is 18.5 Å². The average Bonchev–Trinajstić information content (AvgIpc) is 2.76. The van der Waals surface area contributed by atoms with E-state index in [9.17, 15) is 14.4 Å². The fraction of sp³-hybridized carbons (Fsp3) is 0.143. The number of rotatable bonds is 4. The number of carboxylic acid groups (broad SMARTS) is 1. The largest absolute Gasteiger partial charge is 0.480 e. The van der Waals surface area contributed by atoms with Crippen molar-refractivity contribution in [1.82, 2.24) is 5.32 Å². The van der Waals surface area contributed by atoms with Crippen molar-refractivity contribution in [3.8, 4) is 5.75 Å². The topological polar surface area (TPSA) is 105 Å². The van der Waals surface area contributed by atoms with Gasteiger partial charge in [0.25, 0.3) is 5.91 Å². The van der Waals surface area contributed by atoms with E-state index in [0.717, 1.165) is 11.8 Å². The molecule has 2 amide bonds. The summed E-state index contributed by atoms with van der Waals surface area (Å²) < 4.78 is 5.01. The second-order valence-electron chi connectivity index (χ2n) is 4.39. The first-order valence-electron chi connectivity index (χ1n) is 6.29. The fourth-order valence-electron chi connectivity index (χ4n) is 1.63. The molecule has 2 N–H and O–H groups in total. The number of ether oxygens (including phenoxy) is 1. The van der Waals surface area contributed by atoms with Crippen LogP contribution in [0, 0.1) is 0 Å². The summed E-state index contributed by atoms with van der Waals surface area (Å²) in [6.07, 6.45) is 1.57. The Hall–Kier alpha value is -2.32. The number of hydrogen-bond donors (Lipinski definition) is 2. The Morgan fingerprint density at radius 3 is 2.83 bits per heavy atom. The summed E-state index contributed by atoms with van der Waals surface area (Å²) in [5.74, 6) is -1.64. The Balaban J connectivity index is 2.11. The van der Waals surface area contributed by atoms with Gasteiger partial charge < -0.3 is 15.2 Å². The molecule has 0 radical (unpaired) electrons. The van der Waals surface area contributed by atoms with Gasteiger partial charge >= 0.3 is 5.97 Å². The number of nitrogens with zero attached hydrogens (tertiary/aromatic N) is 1. The van der Waals surface area contributed by atoms with Crippen LogP contribution in [-0.4, -0.2) is 34.7 Å². The average molecular weight is 355 g/mol. The highest BCUT2D eigenvalue weighted by atomic mass is 35.5. The Morgan fingerprint density at radius 1 is 1.48 bits per heavy atom. The predicted octanol–water partition coefficient (Wildman–Crippen LogP) is 1.91. The summed E-state index contributed by atoms with van der Waals surface area (Å²) in [5.41, 5.74) is 0.618. The van der Waals surface area contributed by atoms with Crippen LogP contribution in [0.4, 0.5) is 0 Å². The second kappa shape index (κ2) is 7.30. The van der Waals surface area contributed by atoms with E-state index in [-0.39, 0.29) is 21.8 Å². The quantitative estimate of drug-likeness (QED) is 0.800. The number of carbonyl (C=O) groups is 3. The number of amides is 2. The number of hydrogen-bond acceptors (Lipinski definition) is 5. The summed E-state index contributed by atoms with van der Waals surface area (Å²) in [5, 5.41) is 11.5. The number of carboxylic acids is 1. The van der Waals surface area contributed by atoms with Crippen LogP contribution in [-0.2, 0) is 14.4 Å². The Labute approximate surface area is 140 Å². The molecule has 0 aromatic heterocycles. The highest BCUT2D eigenvalue weighted by molar-refractivity contribution is 8.18. The van der Waals surface area contributed by atoms with Gasteiger partial charge in [-0.05, 0) is 35.5 Å². The molecule has 23 heavy (non-hydrogen) atoms. The molecule has 0 unspecified atom stereocenters. The van der Waals surface area contributed by atoms with Gasteiger partial charge in [-0.3, -0.25) is 9.59 Å². The number of benzene rings is 1. The first-order chi connectivity index (χ1) is 10.8. The van der Waals surface area contributed by atoms with Gasteiger partial charge in [0.2, 0.25) is 5.91 Å². The molecule has 0 saturated carbocycles. The molecule has 1 aliphatic heterocycles. The molecule has 1 aliphatic rings. The van der Waals surface area contributed by atoms with Crippen LogP contribution in [0.3, 0.4) is 0 Å². The van der Waals surface area contributed by atoms with Crippen LogP contribution in [0.15, 0.2) is 28.1 Å². The number of halogens is 1. The van der Waals surface area contributed by atoms with Crippen LogP contribution in [0.25, 0.3) is 6.08 Å². The summed E-state index contributed by atoms with van der Waals surface area (Å²) in [6.45, 7) is 0.827. The number of carbonyl (C=O) groups excluding carboxylic acids is 2. The molecule has 1 aromatic rings. The van der Waals surface area contributed by atoms with Crippen molar-refractivity contribution in [3.05, 3.63) is 33.7 Å². The minimum absolute atomic E-state index is 0.221. The van der Waals surface area contributed by atoms with Gasteiger partial charge in [-0.25, -0.2) is 4.79 Å². The highest BCUT2D eigenvalue weighted by Crippen LogP contribution is 2.30. The molecular weight excluding hydrogens is 344 g/mol. The first kappa shape index (κ1) is 17.0. The monoisotopic (exact) mass is 354 g/mol. The summed E-state index contributed by atoms with van der Waals surface area (Å²) in [7, 11) is 0. The SMILES string of the molecule is CC(=O)NC1=NC(=O)/C(=C\c2ccc(OCC(=O)O)c(Cl)c2)S1. The lowest BCUT2D eigenvalue weighted by molar-refractivity contribution is -0.139. The van der Waals surface area contributed by atoms with E-state index in [2.05, 4.69) is 10.3 Å². The van der Waals surface area contributed by atoms with E-state index >= 15 is 0 Å². The molecule has 0 saturated heterocycles. The molecule has 1 aromatic carbocycles. The molecule has 1 heterocycles. The molecule has 7 nitrogen and oxygen atoms in total. The molecule has 0 spiro atoms. The third kappa shape index (κ3) is 4.83. The Bertz CT molecular complexity index is 745. The molecule has 0 bridgehead atoms. The molecule has 9 heteroatoms. The van der Waals surface area contributed by atoms with Gasteiger partial charge in [0.15, 0.2) is 11.8 Å². The van der Waals surface area contributed by atoms with Crippen LogP contribution in [0.5, 0.6) is 5.75 Å². The van der Waals surface area contributed by atoms with Gasteiger partial charge in [0.1, 0.15) is 5.75 Å². The summed E-state index contributed by atoms with van der Waals surface area (Å²) in [6, 6.07) is 4.67. The number of aliphatic carboxylic acids is 1. The lowest BCUT2D eigenvalue weighted by atomic mass is 10.2. The minimum Gasteiger partial charge on any atom is -0.480 e. The third-order valence-electron chi connectivity index (χ3n) is 2.51. The third-order valence-corrected chi connectivity index (χ3v) is 3.70. The van der Waals surface area contributed by atoms with Gasteiger partial charge in [-0.15, -0.1) is 0 Å². The van der Waals surface area contributed by atoms with Crippen molar-refractivity contribution >= 4 is 52.4 Å². The van der Waals surface area contributed by atoms with Gasteiger partial charge in [0, 0.05) is 6.92 Å². The Morgan fingerprint density at radius 2 is 2.22 bits per heavy atom. The maximum Gasteiger partial charge on any atom is 0.341 e. The van der Waals surface area contributed by atoms with Crippen molar-refractivity contribution in [1.29, 1.82) is 0 Å². The van der Waals surface area contributed by atoms with Crippen LogP contribution < -0.4 is 10.1 Å². The molecule has 120 valence electrons. The number of amidine groups is 1. The van der Waals surface area contributed by atoms with E-state index in [1.165, 1.54) is 19.1 Å². The van der Waals surface area contributed by atoms with Gasteiger partial charge in [-0.2, -0.15) is 4.99 Å².